The van der Waals surface area contributed by atoms with E-state index in [9.17, 15) is 4.79 Å². The van der Waals surface area contributed by atoms with Crippen molar-refractivity contribution < 1.29 is 26.5 Å². The number of unbranched alkanes of at least 4 members (excludes halogenated alkanes) is 14. The maximum absolute atomic E-state index is 11.7. The minimum absolute atomic E-state index is 0. The normalized spacial score (nSPS) is 14.2. The zero-order valence-corrected chi connectivity index (χ0v) is 18.8. The zero-order valence-electron chi connectivity index (χ0n) is 18.0. The Hall–Kier alpha value is -1.09. The van der Waals surface area contributed by atoms with E-state index < -0.39 is 0 Å². The van der Waals surface area contributed by atoms with Crippen LogP contribution in [-0.4, -0.2) is 23.5 Å². The molecule has 3 nitrogen and oxygen atoms in total. The van der Waals surface area contributed by atoms with Gasteiger partial charge in [0.2, 0.25) is 0 Å². The highest BCUT2D eigenvalue weighted by molar-refractivity contribution is 5.76. The van der Waals surface area contributed by atoms with Crippen molar-refractivity contribution in [3.8, 4) is 0 Å². The van der Waals surface area contributed by atoms with E-state index in [2.05, 4.69) is 6.92 Å². The first kappa shape index (κ1) is 26.9. The molecule has 0 saturated carbocycles. The largest absolute Gasteiger partial charge is 1.00 e. The molecule has 0 aromatic carbocycles. The van der Waals surface area contributed by atoms with Crippen LogP contribution in [0.5, 0.6) is 0 Å². The Morgan fingerprint density at radius 2 is 1.32 bits per heavy atom. The predicted octanol–water partition coefficient (Wildman–Crippen LogP) is 3.92. The summed E-state index contributed by atoms with van der Waals surface area (Å²) in [5, 5.41) is 0. The first-order valence-corrected chi connectivity index (χ1v) is 11.4. The number of esters is 1. The Balaban J connectivity index is 0.00000729. The Bertz CT molecular complexity index is 458. The fraction of sp³-hybridized carbons (Fsp3) is 0.750. The lowest BCUT2D eigenvalue weighted by molar-refractivity contribution is -0.449. The maximum Gasteiger partial charge on any atom is 0.337 e. The summed E-state index contributed by atoms with van der Waals surface area (Å²) in [5.41, 5.74) is 0. The molecule has 0 fully saturated rings. The van der Waals surface area contributed by atoms with Crippen molar-refractivity contribution in [1.82, 2.24) is 0 Å². The molecule has 0 aromatic heterocycles. The van der Waals surface area contributed by atoms with Gasteiger partial charge >= 0.3 is 12.4 Å². The number of carbonyl (C=O) groups excluding carboxylic acids is 1. The molecule has 1 aliphatic rings. The van der Waals surface area contributed by atoms with Gasteiger partial charge in [-0.2, -0.15) is 4.58 Å². The summed E-state index contributed by atoms with van der Waals surface area (Å²) in [7, 11) is 0. The number of rotatable bonds is 17. The molecule has 4 heteroatoms. The van der Waals surface area contributed by atoms with Gasteiger partial charge in [0.1, 0.15) is 0 Å². The summed E-state index contributed by atoms with van der Waals surface area (Å²) < 4.78 is 7.04. The summed E-state index contributed by atoms with van der Waals surface area (Å²) in [6, 6.07) is 0. The zero-order chi connectivity index (χ0) is 19.4. The standard InChI is InChI=1S/C24H42NO2.ClH/c1-2-3-4-5-6-7-8-9-10-11-12-13-14-15-17-20-24(26)27-23-25-21-18-16-19-22-25;/h16,18-19,21,23H,2-15,17,20,22H2,1H3;1H/q+1;/p-1. The Labute approximate surface area is 179 Å². The fourth-order valence-corrected chi connectivity index (χ4v) is 3.39. The van der Waals surface area contributed by atoms with Gasteiger partial charge in [-0.25, -0.2) is 0 Å². The SMILES string of the molecule is CCCCCCCCCCCCCCCCCC(=O)OC=[N+]1C=CC=CC1.[Cl-]. The van der Waals surface area contributed by atoms with Gasteiger partial charge < -0.3 is 17.1 Å². The van der Waals surface area contributed by atoms with Crippen LogP contribution in [0.4, 0.5) is 0 Å². The van der Waals surface area contributed by atoms with Crippen LogP contribution >= 0.6 is 0 Å². The average molecular weight is 412 g/mol. The summed E-state index contributed by atoms with van der Waals surface area (Å²) in [4.78, 5) is 11.7. The highest BCUT2D eigenvalue weighted by Crippen LogP contribution is 2.13. The molecule has 28 heavy (non-hydrogen) atoms. The first-order chi connectivity index (χ1) is 13.3. The second kappa shape index (κ2) is 20.6. The van der Waals surface area contributed by atoms with Crippen molar-refractivity contribution in [3.63, 3.8) is 0 Å². The van der Waals surface area contributed by atoms with Crippen molar-refractivity contribution in [2.75, 3.05) is 6.54 Å². The molecule has 0 unspecified atom stereocenters. The molecule has 0 atom stereocenters. The number of nitrogens with zero attached hydrogens (tertiary/aromatic N) is 1. The molecule has 162 valence electrons. The Morgan fingerprint density at radius 1 is 0.821 bits per heavy atom. The van der Waals surface area contributed by atoms with Gasteiger partial charge in [-0.05, 0) is 12.5 Å². The molecule has 0 N–H and O–H groups in total. The van der Waals surface area contributed by atoms with Gasteiger partial charge in [0.25, 0.3) is 0 Å². The van der Waals surface area contributed by atoms with Crippen LogP contribution in [0.2, 0.25) is 0 Å². The van der Waals surface area contributed by atoms with Crippen LogP contribution in [0.15, 0.2) is 24.4 Å². The van der Waals surface area contributed by atoms with E-state index in [-0.39, 0.29) is 18.4 Å². The quantitative estimate of drug-likeness (QED) is 0.157. The van der Waals surface area contributed by atoms with Crippen molar-refractivity contribution in [2.45, 2.75) is 110 Å². The van der Waals surface area contributed by atoms with Crippen LogP contribution in [-0.2, 0) is 9.53 Å². The van der Waals surface area contributed by atoms with Crippen LogP contribution in [0.25, 0.3) is 0 Å². The summed E-state index contributed by atoms with van der Waals surface area (Å²) in [6.45, 7) is 3.04. The van der Waals surface area contributed by atoms with Crippen molar-refractivity contribution in [2.24, 2.45) is 0 Å². The van der Waals surface area contributed by atoms with E-state index in [1.165, 1.54) is 89.9 Å². The van der Waals surface area contributed by atoms with Gasteiger partial charge in [0.05, 0.1) is 0 Å². The number of allylic oxidation sites excluding steroid dienone is 2. The van der Waals surface area contributed by atoms with Crippen molar-refractivity contribution >= 4 is 12.4 Å². The van der Waals surface area contributed by atoms with E-state index in [1.807, 2.05) is 29.0 Å². The third kappa shape index (κ3) is 17.0. The lowest BCUT2D eigenvalue weighted by atomic mass is 10.0. The van der Waals surface area contributed by atoms with Crippen molar-refractivity contribution in [3.05, 3.63) is 24.4 Å². The molecule has 1 rings (SSSR count). The summed E-state index contributed by atoms with van der Waals surface area (Å²) >= 11 is 0. The molecule has 0 saturated heterocycles. The van der Waals surface area contributed by atoms with Gasteiger partial charge in [0.15, 0.2) is 12.7 Å². The first-order valence-electron chi connectivity index (χ1n) is 11.4. The predicted molar refractivity (Wildman–Crippen MR) is 115 cm³/mol. The minimum Gasteiger partial charge on any atom is -1.00 e. The fourth-order valence-electron chi connectivity index (χ4n) is 3.39. The summed E-state index contributed by atoms with van der Waals surface area (Å²) in [6.07, 6.45) is 30.0. The van der Waals surface area contributed by atoms with Crippen LogP contribution in [0.1, 0.15) is 110 Å². The lowest BCUT2D eigenvalue weighted by Gasteiger charge is -2.03. The second-order valence-electron chi connectivity index (χ2n) is 7.76. The van der Waals surface area contributed by atoms with Gasteiger partial charge in [-0.15, -0.1) is 0 Å². The van der Waals surface area contributed by atoms with E-state index in [1.54, 1.807) is 0 Å². The maximum atomic E-state index is 11.7. The summed E-state index contributed by atoms with van der Waals surface area (Å²) in [5.74, 6) is -0.118. The van der Waals surface area contributed by atoms with Gasteiger partial charge in [-0.3, -0.25) is 4.79 Å². The van der Waals surface area contributed by atoms with E-state index in [0.717, 1.165) is 19.4 Å². The van der Waals surface area contributed by atoms with Crippen LogP contribution < -0.4 is 12.4 Å². The number of ether oxygens (including phenoxy) is 1. The molecular weight excluding hydrogens is 370 g/mol. The smallest absolute Gasteiger partial charge is 0.337 e. The molecule has 0 amide bonds. The third-order valence-corrected chi connectivity index (χ3v) is 5.14. The van der Waals surface area contributed by atoms with Crippen LogP contribution in [0, 0.1) is 0 Å². The van der Waals surface area contributed by atoms with Gasteiger partial charge in [0, 0.05) is 12.5 Å². The second-order valence-corrected chi connectivity index (χ2v) is 7.76. The molecule has 1 heterocycles. The molecule has 0 bridgehead atoms. The monoisotopic (exact) mass is 411 g/mol. The Kier molecular flexibility index (Phi) is 19.8. The van der Waals surface area contributed by atoms with Crippen molar-refractivity contribution in [1.29, 1.82) is 0 Å². The molecular formula is C24H42ClNO2. The van der Waals surface area contributed by atoms with Gasteiger partial charge in [-0.1, -0.05) is 103 Å². The average Bonchev–Trinajstić information content (AvgIpc) is 2.70. The molecule has 0 spiro atoms. The highest BCUT2D eigenvalue weighted by atomic mass is 35.5. The molecule has 0 radical (unpaired) electrons. The molecule has 0 aromatic rings. The minimum atomic E-state index is -0.118. The van der Waals surface area contributed by atoms with Crippen LogP contribution in [0.3, 0.4) is 0 Å². The third-order valence-electron chi connectivity index (χ3n) is 5.14. The lowest BCUT2D eigenvalue weighted by Crippen LogP contribution is -3.00. The number of hydrogen-bond donors (Lipinski definition) is 0. The van der Waals surface area contributed by atoms with E-state index >= 15 is 0 Å². The number of hydrogen-bond acceptors (Lipinski definition) is 2. The molecule has 0 aliphatic carbocycles. The van der Waals surface area contributed by atoms with E-state index in [0.29, 0.717) is 6.42 Å². The highest BCUT2D eigenvalue weighted by Gasteiger charge is 2.05. The number of halogens is 1. The molecule has 1 aliphatic heterocycles. The number of carbonyl (C=O) groups is 1. The topological polar surface area (TPSA) is 29.3 Å². The Morgan fingerprint density at radius 3 is 1.79 bits per heavy atom. The van der Waals surface area contributed by atoms with E-state index in [4.69, 9.17) is 4.74 Å².